The molecular weight excluding hydrogens is 729 g/mol. The lowest BCUT2D eigenvalue weighted by Gasteiger charge is -2.50. The average Bonchev–Trinajstić information content (AvgIpc) is 3.45. The van der Waals surface area contributed by atoms with Crippen molar-refractivity contribution in [1.82, 2.24) is 25.2 Å². The molecule has 280 valence electrons. The summed E-state index contributed by atoms with van der Waals surface area (Å²) in [5.74, 6) is -2.66. The summed E-state index contributed by atoms with van der Waals surface area (Å²) < 4.78 is 46.6. The number of hydrogen-bond donors (Lipinski definition) is 5. The number of β-lactam (4-membered cyclic amide) rings is 1. The minimum absolute atomic E-state index is 0.0433. The Bertz CT molecular complexity index is 2020. The number of thiazole rings is 1. The zero-order chi connectivity index (χ0) is 38.2. The molecule has 1 aromatic carbocycles. The lowest BCUT2D eigenvalue weighted by molar-refractivity contribution is -0.218. The minimum Gasteiger partial charge on any atom is -0.489 e. The number of nitrogens with one attached hydrogen (secondary N) is 2. The van der Waals surface area contributed by atoms with Gasteiger partial charge < -0.3 is 40.7 Å². The predicted octanol–water partition coefficient (Wildman–Crippen LogP) is 1.40. The normalized spacial score (nSPS) is 18.2. The smallest absolute Gasteiger partial charge is 0.418 e. The van der Waals surface area contributed by atoms with Crippen LogP contribution in [0.1, 0.15) is 40.3 Å². The number of nitrogens with two attached hydrogens (primary N) is 1. The molecule has 2 saturated heterocycles. The molecule has 2 aliphatic heterocycles. The van der Waals surface area contributed by atoms with Crippen LogP contribution in [0.3, 0.4) is 0 Å². The Kier molecular flexibility index (Phi) is 10.5. The van der Waals surface area contributed by atoms with E-state index >= 15 is 0 Å². The van der Waals surface area contributed by atoms with E-state index in [4.69, 9.17) is 24.6 Å². The molecule has 3 aromatic rings. The number of hydrogen-bond acceptors (Lipinski definition) is 16. The summed E-state index contributed by atoms with van der Waals surface area (Å²) in [4.78, 5) is 65.4. The summed E-state index contributed by atoms with van der Waals surface area (Å²) in [5, 5.41) is 22.5. The molecule has 0 bridgehead atoms. The number of aromatic nitrogens is 2. The highest BCUT2D eigenvalue weighted by molar-refractivity contribution is 7.80. The monoisotopic (exact) mass is 764 g/mol. The molecule has 1 unspecified atom stereocenters. The van der Waals surface area contributed by atoms with Crippen LogP contribution in [0, 0.1) is 0 Å². The number of carboxylic acids is 1. The molecule has 2 aromatic heterocycles. The lowest BCUT2D eigenvalue weighted by atomic mass is 9.84. The van der Waals surface area contributed by atoms with E-state index in [1.807, 2.05) is 0 Å². The summed E-state index contributed by atoms with van der Waals surface area (Å²) in [7, 11) is -5.03. The highest BCUT2D eigenvalue weighted by atomic mass is 32.3. The maximum absolute atomic E-state index is 13.3. The van der Waals surface area contributed by atoms with E-state index < -0.39 is 69.9 Å². The van der Waals surface area contributed by atoms with Gasteiger partial charge in [-0.25, -0.2) is 19.6 Å². The van der Waals surface area contributed by atoms with E-state index in [-0.39, 0.29) is 22.6 Å². The quantitative estimate of drug-likeness (QED) is 0.0712. The van der Waals surface area contributed by atoms with Gasteiger partial charge >= 0.3 is 22.5 Å². The molecule has 0 radical (unpaired) electrons. The molecular formula is C30H36N8O12S2. The molecule has 2 fully saturated rings. The number of aliphatic carboxylic acids is 1. The van der Waals surface area contributed by atoms with Crippen molar-refractivity contribution in [3.05, 3.63) is 41.5 Å². The molecule has 0 spiro atoms. The third-order valence-electron chi connectivity index (χ3n) is 7.66. The first kappa shape index (κ1) is 37.9. The Morgan fingerprint density at radius 3 is 2.52 bits per heavy atom. The SMILES string of the molecule is CC(C)(C)OC(=O)N1CC(Nc2nccc3cc(OCC(O/N=C(\C(=O)N[C@@H]4C(=O)N(OS(=O)(=O)O)C4(C)C)c4csc(N)n4)C(=O)O)ccc23)C1. The van der Waals surface area contributed by atoms with E-state index in [0.29, 0.717) is 24.0 Å². The van der Waals surface area contributed by atoms with E-state index in [0.717, 1.165) is 22.1 Å². The Labute approximate surface area is 300 Å². The van der Waals surface area contributed by atoms with Crippen molar-refractivity contribution in [1.29, 1.82) is 0 Å². The second kappa shape index (κ2) is 14.4. The maximum Gasteiger partial charge on any atom is 0.418 e. The molecule has 2 aliphatic rings. The molecule has 22 heteroatoms. The highest BCUT2D eigenvalue weighted by Gasteiger charge is 2.58. The van der Waals surface area contributed by atoms with Gasteiger partial charge in [-0.3, -0.25) is 14.1 Å². The van der Waals surface area contributed by atoms with Gasteiger partial charge in [-0.05, 0) is 64.3 Å². The maximum atomic E-state index is 13.3. The lowest BCUT2D eigenvalue weighted by Crippen LogP contribution is -2.76. The van der Waals surface area contributed by atoms with Gasteiger partial charge in [0, 0.05) is 30.1 Å². The summed E-state index contributed by atoms with van der Waals surface area (Å²) in [6.07, 6.45) is -0.528. The summed E-state index contributed by atoms with van der Waals surface area (Å²) >= 11 is 0.946. The number of likely N-dealkylation sites (tertiary alicyclic amines) is 1. The molecule has 52 heavy (non-hydrogen) atoms. The first-order valence-electron chi connectivity index (χ1n) is 15.5. The van der Waals surface area contributed by atoms with Crippen molar-refractivity contribution in [2.45, 2.75) is 63.9 Å². The first-order valence-corrected chi connectivity index (χ1v) is 17.7. The highest BCUT2D eigenvalue weighted by Crippen LogP contribution is 2.33. The van der Waals surface area contributed by atoms with Crippen molar-refractivity contribution in [3.8, 4) is 5.75 Å². The van der Waals surface area contributed by atoms with E-state index in [1.165, 1.54) is 19.2 Å². The van der Waals surface area contributed by atoms with Crippen molar-refractivity contribution in [2.75, 3.05) is 30.7 Å². The molecule has 0 saturated carbocycles. The Morgan fingerprint density at radius 2 is 1.92 bits per heavy atom. The number of oxime groups is 1. The van der Waals surface area contributed by atoms with Crippen molar-refractivity contribution in [2.24, 2.45) is 5.16 Å². The number of nitrogen functional groups attached to an aromatic ring is 1. The van der Waals surface area contributed by atoms with Crippen LogP contribution in [-0.2, 0) is 38.6 Å². The minimum atomic E-state index is -5.03. The van der Waals surface area contributed by atoms with Crippen molar-refractivity contribution >= 4 is 73.0 Å². The number of carbonyl (C=O) groups is 4. The van der Waals surface area contributed by atoms with Gasteiger partial charge in [-0.15, -0.1) is 15.6 Å². The molecule has 0 aliphatic carbocycles. The summed E-state index contributed by atoms with van der Waals surface area (Å²) in [5.41, 5.74) is 3.02. The number of carbonyl (C=O) groups excluding carboxylic acids is 3. The third kappa shape index (κ3) is 8.75. The number of amides is 3. The number of pyridine rings is 1. The fourth-order valence-corrected chi connectivity index (χ4v) is 6.06. The van der Waals surface area contributed by atoms with E-state index in [9.17, 15) is 32.7 Å². The van der Waals surface area contributed by atoms with Crippen LogP contribution in [0.15, 0.2) is 41.0 Å². The number of benzene rings is 1. The number of ether oxygens (including phenoxy) is 2. The first-order chi connectivity index (χ1) is 24.2. The van der Waals surface area contributed by atoms with Crippen LogP contribution < -0.4 is 21.1 Å². The summed E-state index contributed by atoms with van der Waals surface area (Å²) in [6, 6.07) is 5.36. The second-order valence-electron chi connectivity index (χ2n) is 13.2. The second-order valence-corrected chi connectivity index (χ2v) is 15.1. The molecule has 5 rings (SSSR count). The number of nitrogens with zero attached hydrogens (tertiary/aromatic N) is 5. The van der Waals surface area contributed by atoms with Crippen LogP contribution in [0.25, 0.3) is 10.8 Å². The number of carboxylic acid groups (broad SMARTS) is 1. The van der Waals surface area contributed by atoms with Gasteiger partial charge in [0.1, 0.15) is 35.5 Å². The number of hydroxylamine groups is 2. The Hall–Kier alpha value is -5.32. The number of fused-ring (bicyclic) bond motifs is 1. The summed E-state index contributed by atoms with van der Waals surface area (Å²) in [6.45, 7) is 8.43. The van der Waals surface area contributed by atoms with E-state index in [2.05, 4.69) is 30.0 Å². The van der Waals surface area contributed by atoms with Crippen LogP contribution in [0.5, 0.6) is 5.75 Å². The average molecular weight is 765 g/mol. The Morgan fingerprint density at radius 1 is 1.21 bits per heavy atom. The standard InChI is InChI=1S/C30H36N8O12S2/c1-29(2,3)48-28(43)37-11-16(12-37)33-23-18-7-6-17(10-15(18)8-9-32-23)47-13-20(26(41)42)49-36-21(19-14-51-27(31)34-19)24(39)35-22-25(40)38(30(22,4)5)50-52(44,45)46/h6-10,14,16,20,22H,11-13H2,1-5H3,(H2,31,34)(H,32,33)(H,35,39)(H,41,42)(H,44,45,46)/b36-21-/t20?,22-/m1/s1. The van der Waals surface area contributed by atoms with Crippen LogP contribution in [0.2, 0.25) is 0 Å². The zero-order valence-corrected chi connectivity index (χ0v) is 30.1. The third-order valence-corrected chi connectivity index (χ3v) is 8.67. The molecule has 3 amide bonds. The van der Waals surface area contributed by atoms with Crippen molar-refractivity contribution < 1.29 is 55.9 Å². The molecule has 2 atom stereocenters. The zero-order valence-electron chi connectivity index (χ0n) is 28.4. The fourth-order valence-electron chi connectivity index (χ4n) is 5.05. The van der Waals surface area contributed by atoms with Gasteiger partial charge in [0.2, 0.25) is 0 Å². The fraction of sp³-hybridized carbons (Fsp3) is 0.433. The van der Waals surface area contributed by atoms with Gasteiger partial charge in [-0.2, -0.15) is 13.5 Å². The van der Waals surface area contributed by atoms with E-state index in [1.54, 1.807) is 56.1 Å². The number of anilines is 2. The van der Waals surface area contributed by atoms with Gasteiger partial charge in [0.25, 0.3) is 17.9 Å². The Balaban J connectivity index is 1.24. The molecule has 20 nitrogen and oxygen atoms in total. The van der Waals surface area contributed by atoms with Crippen molar-refractivity contribution in [3.63, 3.8) is 0 Å². The predicted molar refractivity (Wildman–Crippen MR) is 184 cm³/mol. The largest absolute Gasteiger partial charge is 0.489 e. The number of rotatable bonds is 13. The van der Waals surface area contributed by atoms with Gasteiger partial charge in [-0.1, -0.05) is 5.16 Å². The topological polar surface area (TPSA) is 274 Å². The van der Waals surface area contributed by atoms with Gasteiger partial charge in [0.05, 0.1) is 11.6 Å². The van der Waals surface area contributed by atoms with Gasteiger partial charge in [0.15, 0.2) is 10.8 Å². The molecule has 4 heterocycles. The van der Waals surface area contributed by atoms with Crippen LogP contribution in [0.4, 0.5) is 15.7 Å². The molecule has 6 N–H and O–H groups in total. The van der Waals surface area contributed by atoms with Crippen LogP contribution in [-0.4, -0.2) is 117 Å². The van der Waals surface area contributed by atoms with Crippen LogP contribution >= 0.6 is 11.3 Å².